The van der Waals surface area contributed by atoms with Crippen LogP contribution in [0.1, 0.15) is 40.3 Å². The van der Waals surface area contributed by atoms with Crippen LogP contribution in [0.4, 0.5) is 14.9 Å². The van der Waals surface area contributed by atoms with Crippen molar-refractivity contribution in [3.63, 3.8) is 0 Å². The van der Waals surface area contributed by atoms with Crippen LogP contribution in [0.2, 0.25) is 0 Å². The number of aryl methyl sites for hydroxylation is 1. The number of anilines is 1. The summed E-state index contributed by atoms with van der Waals surface area (Å²) in [5.74, 6) is -0.131. The number of carbonyl (C=O) groups is 1. The van der Waals surface area contributed by atoms with E-state index in [1.807, 2.05) is 13.8 Å². The minimum Gasteiger partial charge on any atom is -0.444 e. The van der Waals surface area contributed by atoms with E-state index in [-0.39, 0.29) is 0 Å². The number of hydrogen-bond donors (Lipinski definition) is 1. The average molecular weight is 334 g/mol. The lowest BCUT2D eigenvalue weighted by molar-refractivity contribution is 0.0635. The number of nitrogens with one attached hydrogen (secondary N) is 1. The summed E-state index contributed by atoms with van der Waals surface area (Å²) in [4.78, 5) is 23.8. The van der Waals surface area contributed by atoms with Crippen molar-refractivity contribution in [1.29, 1.82) is 0 Å². The molecule has 24 heavy (non-hydrogen) atoms. The standard InChI is InChI=1S/C15H17FN4O2.C2H6/c1-9-12(20-14(21)22-15(2,3)4)8-18-13(19-9)10-5-11(16)7-17-6-10;1-2/h5-8H,1-4H3,(H,20,21);1-2H3. The van der Waals surface area contributed by atoms with Crippen LogP contribution in [-0.2, 0) is 4.74 Å². The van der Waals surface area contributed by atoms with Gasteiger partial charge in [-0.15, -0.1) is 0 Å². The highest BCUT2D eigenvalue weighted by molar-refractivity contribution is 5.85. The van der Waals surface area contributed by atoms with Crippen molar-refractivity contribution in [1.82, 2.24) is 15.0 Å². The second-order valence-corrected chi connectivity index (χ2v) is 5.71. The molecule has 130 valence electrons. The Hall–Kier alpha value is -2.57. The first-order valence-corrected chi connectivity index (χ1v) is 7.69. The highest BCUT2D eigenvalue weighted by Crippen LogP contribution is 2.19. The normalized spacial score (nSPS) is 10.5. The Labute approximate surface area is 141 Å². The average Bonchev–Trinajstić information content (AvgIpc) is 2.49. The van der Waals surface area contributed by atoms with Crippen LogP contribution in [0, 0.1) is 12.7 Å². The molecule has 0 aliphatic carbocycles. The third-order valence-corrected chi connectivity index (χ3v) is 2.58. The molecule has 0 saturated carbocycles. The van der Waals surface area contributed by atoms with Crippen LogP contribution in [-0.4, -0.2) is 26.6 Å². The molecule has 7 heteroatoms. The second kappa shape index (κ2) is 8.33. The van der Waals surface area contributed by atoms with Gasteiger partial charge >= 0.3 is 6.09 Å². The first kappa shape index (κ1) is 19.5. The molecule has 2 heterocycles. The van der Waals surface area contributed by atoms with Gasteiger partial charge in [-0.2, -0.15) is 0 Å². The first-order chi connectivity index (χ1) is 11.2. The van der Waals surface area contributed by atoms with E-state index in [0.29, 0.717) is 22.8 Å². The molecular formula is C17H23FN4O2. The van der Waals surface area contributed by atoms with E-state index in [4.69, 9.17) is 4.74 Å². The summed E-state index contributed by atoms with van der Waals surface area (Å²) < 4.78 is 18.3. The van der Waals surface area contributed by atoms with Gasteiger partial charge in [0.1, 0.15) is 11.4 Å². The number of halogens is 1. The Balaban J connectivity index is 0.00000139. The van der Waals surface area contributed by atoms with Gasteiger partial charge in [-0.25, -0.2) is 19.2 Å². The van der Waals surface area contributed by atoms with Crippen molar-refractivity contribution in [3.8, 4) is 11.4 Å². The lowest BCUT2D eigenvalue weighted by Gasteiger charge is -2.20. The van der Waals surface area contributed by atoms with Gasteiger partial charge in [-0.05, 0) is 33.8 Å². The summed E-state index contributed by atoms with van der Waals surface area (Å²) in [6.07, 6.45) is 3.44. The maximum atomic E-state index is 13.2. The number of carbonyl (C=O) groups excluding carboxylic acids is 1. The zero-order valence-corrected chi connectivity index (χ0v) is 14.8. The monoisotopic (exact) mass is 334 g/mol. The van der Waals surface area contributed by atoms with Crippen LogP contribution >= 0.6 is 0 Å². The van der Waals surface area contributed by atoms with Crippen molar-refractivity contribution in [2.75, 3.05) is 5.32 Å². The molecule has 0 bridgehead atoms. The Morgan fingerprint density at radius 1 is 1.21 bits per heavy atom. The molecule has 1 amide bonds. The summed E-state index contributed by atoms with van der Waals surface area (Å²) in [7, 11) is 0. The van der Waals surface area contributed by atoms with Crippen molar-refractivity contribution in [3.05, 3.63) is 36.2 Å². The zero-order valence-electron chi connectivity index (χ0n) is 14.8. The van der Waals surface area contributed by atoms with Crippen LogP contribution in [0.15, 0.2) is 24.7 Å². The molecule has 2 aromatic heterocycles. The lowest BCUT2D eigenvalue weighted by atomic mass is 10.2. The van der Waals surface area contributed by atoms with E-state index in [1.165, 1.54) is 18.5 Å². The van der Waals surface area contributed by atoms with Crippen LogP contribution in [0.3, 0.4) is 0 Å². The fourth-order valence-corrected chi connectivity index (χ4v) is 1.68. The Morgan fingerprint density at radius 3 is 2.42 bits per heavy atom. The van der Waals surface area contributed by atoms with Crippen LogP contribution in [0.5, 0.6) is 0 Å². The fourth-order valence-electron chi connectivity index (χ4n) is 1.68. The van der Waals surface area contributed by atoms with Gasteiger partial charge in [0, 0.05) is 11.8 Å². The molecule has 2 rings (SSSR count). The number of nitrogens with zero attached hydrogens (tertiary/aromatic N) is 3. The summed E-state index contributed by atoms with van der Waals surface area (Å²) in [6.45, 7) is 11.0. The third kappa shape index (κ3) is 5.91. The molecule has 0 aliphatic heterocycles. The highest BCUT2D eigenvalue weighted by Gasteiger charge is 2.17. The maximum absolute atomic E-state index is 13.2. The molecule has 2 aromatic rings. The maximum Gasteiger partial charge on any atom is 0.412 e. The Bertz CT molecular complexity index is 699. The number of rotatable bonds is 2. The van der Waals surface area contributed by atoms with Crippen LogP contribution < -0.4 is 5.32 Å². The number of pyridine rings is 1. The lowest BCUT2D eigenvalue weighted by Crippen LogP contribution is -2.27. The number of aromatic nitrogens is 3. The predicted octanol–water partition coefficient (Wildman–Crippen LogP) is 4.36. The van der Waals surface area contributed by atoms with E-state index in [9.17, 15) is 9.18 Å². The smallest absolute Gasteiger partial charge is 0.412 e. The van der Waals surface area contributed by atoms with Gasteiger partial charge in [-0.1, -0.05) is 13.8 Å². The molecular weight excluding hydrogens is 311 g/mol. The minimum atomic E-state index is -0.591. The van der Waals surface area contributed by atoms with Crippen molar-refractivity contribution < 1.29 is 13.9 Å². The highest BCUT2D eigenvalue weighted by atomic mass is 19.1. The Kier molecular flexibility index (Phi) is 6.76. The quantitative estimate of drug-likeness (QED) is 0.883. The topological polar surface area (TPSA) is 77.0 Å². The van der Waals surface area contributed by atoms with Crippen molar-refractivity contribution in [2.45, 2.75) is 47.1 Å². The Morgan fingerprint density at radius 2 is 1.88 bits per heavy atom. The molecule has 0 spiro atoms. The van der Waals surface area contributed by atoms with Crippen LogP contribution in [0.25, 0.3) is 11.4 Å². The molecule has 1 N–H and O–H groups in total. The van der Waals surface area contributed by atoms with Crippen molar-refractivity contribution >= 4 is 11.8 Å². The van der Waals surface area contributed by atoms with E-state index >= 15 is 0 Å². The van der Waals surface area contributed by atoms with Gasteiger partial charge in [0.15, 0.2) is 5.82 Å². The first-order valence-electron chi connectivity index (χ1n) is 7.69. The predicted molar refractivity (Wildman–Crippen MR) is 91.2 cm³/mol. The minimum absolute atomic E-state index is 0.333. The number of ether oxygens (including phenoxy) is 1. The van der Waals surface area contributed by atoms with E-state index in [0.717, 1.165) is 6.20 Å². The molecule has 0 aliphatic rings. The summed E-state index contributed by atoms with van der Waals surface area (Å²) in [5, 5.41) is 2.58. The zero-order chi connectivity index (χ0) is 18.3. The summed E-state index contributed by atoms with van der Waals surface area (Å²) >= 11 is 0. The van der Waals surface area contributed by atoms with Gasteiger partial charge in [0.05, 0.1) is 23.8 Å². The van der Waals surface area contributed by atoms with Gasteiger partial charge in [-0.3, -0.25) is 10.3 Å². The molecule has 0 fully saturated rings. The molecule has 0 unspecified atom stereocenters. The number of amides is 1. The van der Waals surface area contributed by atoms with E-state index in [2.05, 4.69) is 20.3 Å². The molecule has 0 aromatic carbocycles. The van der Waals surface area contributed by atoms with Crippen molar-refractivity contribution in [2.24, 2.45) is 0 Å². The van der Waals surface area contributed by atoms with Gasteiger partial charge in [0.25, 0.3) is 0 Å². The fraction of sp³-hybridized carbons (Fsp3) is 0.412. The molecule has 6 nitrogen and oxygen atoms in total. The van der Waals surface area contributed by atoms with E-state index < -0.39 is 17.5 Å². The van der Waals surface area contributed by atoms with Gasteiger partial charge in [0.2, 0.25) is 0 Å². The molecule has 0 radical (unpaired) electrons. The van der Waals surface area contributed by atoms with E-state index in [1.54, 1.807) is 27.7 Å². The molecule has 0 atom stereocenters. The summed E-state index contributed by atoms with van der Waals surface area (Å²) in [6, 6.07) is 1.29. The summed E-state index contributed by atoms with van der Waals surface area (Å²) in [5.41, 5.74) is 0.848. The molecule has 0 saturated heterocycles. The SMILES string of the molecule is CC.Cc1nc(-c2cncc(F)c2)ncc1NC(=O)OC(C)(C)C. The largest absolute Gasteiger partial charge is 0.444 e. The second-order valence-electron chi connectivity index (χ2n) is 5.71. The number of hydrogen-bond acceptors (Lipinski definition) is 5. The third-order valence-electron chi connectivity index (χ3n) is 2.58. The van der Waals surface area contributed by atoms with Gasteiger partial charge < -0.3 is 4.74 Å².